The molecule has 0 unspecified atom stereocenters. The molecule has 10 nitrogen and oxygen atoms in total. The smallest absolute Gasteiger partial charge is 0.339 e. The first-order valence-corrected chi connectivity index (χ1v) is 10.7. The maximum Gasteiger partial charge on any atom is 0.339 e. The molecule has 0 fully saturated rings. The molecule has 166 valence electrons. The van der Waals surface area contributed by atoms with Gasteiger partial charge in [0.25, 0.3) is 0 Å². The molecule has 1 heterocycles. The highest BCUT2D eigenvalue weighted by Gasteiger charge is 2.16. The largest absolute Gasteiger partial charge is 0.465 e. The highest BCUT2D eigenvalue weighted by Crippen LogP contribution is 2.20. The van der Waals surface area contributed by atoms with Crippen LogP contribution in [0.5, 0.6) is 0 Å². The van der Waals surface area contributed by atoms with Crippen LogP contribution in [0.1, 0.15) is 34.1 Å². The van der Waals surface area contributed by atoms with Crippen LogP contribution >= 0.6 is 11.8 Å². The lowest BCUT2D eigenvalue weighted by Crippen LogP contribution is -2.17. The van der Waals surface area contributed by atoms with Crippen molar-refractivity contribution in [1.82, 2.24) is 20.2 Å². The van der Waals surface area contributed by atoms with E-state index in [1.165, 1.54) is 11.8 Å². The number of esters is 2. The van der Waals surface area contributed by atoms with Crippen molar-refractivity contribution in [3.05, 3.63) is 59.7 Å². The third kappa shape index (κ3) is 5.70. The Kier molecular flexibility index (Phi) is 7.92. The van der Waals surface area contributed by atoms with Crippen molar-refractivity contribution in [2.45, 2.75) is 18.5 Å². The first kappa shape index (κ1) is 22.9. The summed E-state index contributed by atoms with van der Waals surface area (Å²) < 4.78 is 11.3. The van der Waals surface area contributed by atoms with Gasteiger partial charge in [-0.05, 0) is 53.2 Å². The van der Waals surface area contributed by atoms with Gasteiger partial charge in [-0.15, -0.1) is 5.10 Å². The Morgan fingerprint density at radius 2 is 1.81 bits per heavy atom. The Balaban J connectivity index is 1.64. The summed E-state index contributed by atoms with van der Waals surface area (Å²) in [6.45, 7) is 2.28. The van der Waals surface area contributed by atoms with E-state index in [2.05, 4.69) is 20.8 Å². The molecule has 3 aromatic rings. The van der Waals surface area contributed by atoms with E-state index in [0.717, 1.165) is 18.2 Å². The minimum Gasteiger partial charge on any atom is -0.465 e. The number of methoxy groups -OCH3 is 1. The fourth-order valence-corrected chi connectivity index (χ4v) is 3.34. The number of aromatic nitrogens is 4. The standard InChI is InChI=1S/C21H21N5O5S/c1-3-12-31-19(28)14-8-10-15(11-9-14)26-21(23-24-25-26)32-13-18(27)22-17-7-5-4-6-16(17)20(29)30-2/h4-11H,3,12-13H2,1-2H3,(H,22,27). The molecule has 0 saturated heterocycles. The molecular formula is C21H21N5O5S. The first-order valence-electron chi connectivity index (χ1n) is 9.69. The molecule has 0 atom stereocenters. The van der Waals surface area contributed by atoms with Crippen LogP contribution in [-0.2, 0) is 14.3 Å². The molecule has 32 heavy (non-hydrogen) atoms. The van der Waals surface area contributed by atoms with E-state index in [-0.39, 0.29) is 17.2 Å². The molecule has 0 bridgehead atoms. The zero-order chi connectivity index (χ0) is 22.9. The zero-order valence-electron chi connectivity index (χ0n) is 17.5. The Hall–Kier alpha value is -3.73. The predicted octanol–water partition coefficient (Wildman–Crippen LogP) is 2.75. The van der Waals surface area contributed by atoms with Crippen LogP contribution in [0.3, 0.4) is 0 Å². The summed E-state index contributed by atoms with van der Waals surface area (Å²) in [5.74, 6) is -1.26. The summed E-state index contributed by atoms with van der Waals surface area (Å²) >= 11 is 1.12. The van der Waals surface area contributed by atoms with Crippen LogP contribution in [-0.4, -0.2) is 57.5 Å². The van der Waals surface area contributed by atoms with Gasteiger partial charge >= 0.3 is 11.9 Å². The summed E-state index contributed by atoms with van der Waals surface area (Å²) in [6.07, 6.45) is 0.747. The lowest BCUT2D eigenvalue weighted by molar-refractivity contribution is -0.113. The summed E-state index contributed by atoms with van der Waals surface area (Å²) in [4.78, 5) is 36.2. The van der Waals surface area contributed by atoms with Crippen LogP contribution < -0.4 is 5.32 Å². The van der Waals surface area contributed by atoms with Crippen LogP contribution in [0.15, 0.2) is 53.7 Å². The Morgan fingerprint density at radius 3 is 2.53 bits per heavy atom. The lowest BCUT2D eigenvalue weighted by Gasteiger charge is -2.09. The van der Waals surface area contributed by atoms with E-state index < -0.39 is 11.9 Å². The van der Waals surface area contributed by atoms with Gasteiger partial charge in [0.05, 0.1) is 42.0 Å². The van der Waals surface area contributed by atoms with Gasteiger partial charge < -0.3 is 14.8 Å². The quantitative estimate of drug-likeness (QED) is 0.383. The van der Waals surface area contributed by atoms with E-state index in [0.29, 0.717) is 28.7 Å². The Morgan fingerprint density at radius 1 is 1.06 bits per heavy atom. The fraction of sp³-hybridized carbons (Fsp3) is 0.238. The average molecular weight is 455 g/mol. The van der Waals surface area contributed by atoms with Crippen molar-refractivity contribution in [3.63, 3.8) is 0 Å². The number of tetrazole rings is 1. The molecule has 0 aliphatic carbocycles. The summed E-state index contributed by atoms with van der Waals surface area (Å²) in [5, 5.41) is 14.6. The number of amides is 1. The van der Waals surface area contributed by atoms with Gasteiger partial charge in [0.1, 0.15) is 0 Å². The third-order valence-corrected chi connectivity index (χ3v) is 5.08. The molecule has 2 aromatic carbocycles. The van der Waals surface area contributed by atoms with Crippen molar-refractivity contribution < 1.29 is 23.9 Å². The number of benzene rings is 2. The third-order valence-electron chi connectivity index (χ3n) is 4.16. The zero-order valence-corrected chi connectivity index (χ0v) is 18.3. The molecule has 1 N–H and O–H groups in total. The molecule has 11 heteroatoms. The van der Waals surface area contributed by atoms with E-state index in [1.54, 1.807) is 48.5 Å². The van der Waals surface area contributed by atoms with Gasteiger partial charge in [-0.3, -0.25) is 4.79 Å². The summed E-state index contributed by atoms with van der Waals surface area (Å²) in [6, 6.07) is 13.2. The fourth-order valence-electron chi connectivity index (χ4n) is 2.64. The number of hydrogen-bond donors (Lipinski definition) is 1. The molecule has 1 amide bonds. The minimum atomic E-state index is -0.542. The SMILES string of the molecule is CCCOC(=O)c1ccc(-n2nnnc2SCC(=O)Nc2ccccc2C(=O)OC)cc1. The van der Waals surface area contributed by atoms with Gasteiger partial charge in [-0.1, -0.05) is 30.8 Å². The van der Waals surface area contributed by atoms with Crippen LogP contribution in [0.25, 0.3) is 5.69 Å². The molecular weight excluding hydrogens is 434 g/mol. The second-order valence-electron chi connectivity index (χ2n) is 6.43. The second kappa shape index (κ2) is 11.0. The normalized spacial score (nSPS) is 10.4. The van der Waals surface area contributed by atoms with Crippen molar-refractivity contribution in [2.75, 3.05) is 24.8 Å². The van der Waals surface area contributed by atoms with Gasteiger partial charge in [-0.25, -0.2) is 9.59 Å². The molecule has 0 aliphatic heterocycles. The number of carbonyl (C=O) groups excluding carboxylic acids is 3. The second-order valence-corrected chi connectivity index (χ2v) is 7.37. The molecule has 0 saturated carbocycles. The summed E-state index contributed by atoms with van der Waals surface area (Å²) in [7, 11) is 1.28. The number of para-hydroxylation sites is 1. The highest BCUT2D eigenvalue weighted by molar-refractivity contribution is 7.99. The minimum absolute atomic E-state index is 0.0112. The maximum atomic E-state index is 12.4. The molecule has 0 aliphatic rings. The number of anilines is 1. The van der Waals surface area contributed by atoms with E-state index in [1.807, 2.05) is 6.92 Å². The van der Waals surface area contributed by atoms with Crippen molar-refractivity contribution in [1.29, 1.82) is 0 Å². The molecule has 3 rings (SSSR count). The van der Waals surface area contributed by atoms with Crippen molar-refractivity contribution in [2.24, 2.45) is 0 Å². The molecule has 0 spiro atoms. The van der Waals surface area contributed by atoms with Crippen LogP contribution in [0.4, 0.5) is 5.69 Å². The number of carbonyl (C=O) groups is 3. The summed E-state index contributed by atoms with van der Waals surface area (Å²) in [5.41, 5.74) is 1.67. The number of thioether (sulfide) groups is 1. The molecule has 1 aromatic heterocycles. The van der Waals surface area contributed by atoms with Gasteiger partial charge in [-0.2, -0.15) is 4.68 Å². The first-order chi connectivity index (χ1) is 15.5. The van der Waals surface area contributed by atoms with E-state index >= 15 is 0 Å². The van der Waals surface area contributed by atoms with Gasteiger partial charge in [0.15, 0.2) is 0 Å². The Labute approximate surface area is 188 Å². The van der Waals surface area contributed by atoms with Crippen LogP contribution in [0.2, 0.25) is 0 Å². The topological polar surface area (TPSA) is 125 Å². The van der Waals surface area contributed by atoms with Crippen molar-refractivity contribution >= 4 is 35.3 Å². The monoisotopic (exact) mass is 455 g/mol. The number of rotatable bonds is 9. The van der Waals surface area contributed by atoms with Gasteiger partial charge in [0.2, 0.25) is 11.1 Å². The lowest BCUT2D eigenvalue weighted by atomic mass is 10.2. The van der Waals surface area contributed by atoms with E-state index in [4.69, 9.17) is 9.47 Å². The maximum absolute atomic E-state index is 12.4. The van der Waals surface area contributed by atoms with Gasteiger partial charge in [0, 0.05) is 0 Å². The number of nitrogens with one attached hydrogen (secondary N) is 1. The number of ether oxygens (including phenoxy) is 2. The van der Waals surface area contributed by atoms with Crippen molar-refractivity contribution in [3.8, 4) is 5.69 Å². The number of nitrogens with zero attached hydrogens (tertiary/aromatic N) is 4. The number of hydrogen-bond acceptors (Lipinski definition) is 9. The van der Waals surface area contributed by atoms with E-state index in [9.17, 15) is 14.4 Å². The predicted molar refractivity (Wildman–Crippen MR) is 117 cm³/mol. The Bertz CT molecular complexity index is 1100. The highest BCUT2D eigenvalue weighted by atomic mass is 32.2. The average Bonchev–Trinajstić information content (AvgIpc) is 3.30. The van der Waals surface area contributed by atoms with Crippen LogP contribution in [0, 0.1) is 0 Å². The molecule has 0 radical (unpaired) electrons.